The number of amides is 2. The van der Waals surface area contributed by atoms with Gasteiger partial charge in [-0.05, 0) is 0 Å². The van der Waals surface area contributed by atoms with Crippen molar-refractivity contribution in [1.29, 1.82) is 0 Å². The molecule has 0 spiro atoms. The van der Waals surface area contributed by atoms with Crippen molar-refractivity contribution in [2.45, 2.75) is 0 Å². The highest BCUT2D eigenvalue weighted by atomic mass is 33.1. The van der Waals surface area contributed by atoms with Crippen molar-refractivity contribution < 1.29 is 17.8 Å². The van der Waals surface area contributed by atoms with Gasteiger partial charge in [0, 0.05) is 30.4 Å². The van der Waals surface area contributed by atoms with Crippen LogP contribution in [0.3, 0.4) is 0 Å². The normalized spacial score (nSPS) is 17.4. The maximum absolute atomic E-state index is 11.1. The van der Waals surface area contributed by atoms with Gasteiger partial charge >= 0.3 is 15.2 Å². The third-order valence-corrected chi connectivity index (χ3v) is 3.94. The van der Waals surface area contributed by atoms with E-state index in [4.69, 9.17) is 10.3 Å². The quantitative estimate of drug-likeness (QED) is 0.246. The molecule has 0 aromatic carbocycles. The van der Waals surface area contributed by atoms with Gasteiger partial charge in [0.05, 0.1) is 12.3 Å². The Morgan fingerprint density at radius 2 is 2.35 bits per heavy atom. The van der Waals surface area contributed by atoms with E-state index in [0.29, 0.717) is 37.0 Å². The average Bonchev–Trinajstić information content (AvgIpc) is 2.61. The van der Waals surface area contributed by atoms with Crippen LogP contribution in [0.5, 0.6) is 0 Å². The molecule has 0 aromatic heterocycles. The fourth-order valence-electron chi connectivity index (χ4n) is 1.22. The number of hydrogen-bond acceptors (Lipinski definition) is 5. The van der Waals surface area contributed by atoms with Crippen molar-refractivity contribution in [1.82, 2.24) is 10.2 Å². The zero-order valence-electron chi connectivity index (χ0n) is 9.00. The summed E-state index contributed by atoms with van der Waals surface area (Å²) in [6, 6.07) is -0.133. The van der Waals surface area contributed by atoms with Crippen LogP contribution in [0.15, 0.2) is 4.99 Å². The van der Waals surface area contributed by atoms with Gasteiger partial charge in [0.1, 0.15) is 5.84 Å². The van der Waals surface area contributed by atoms with Gasteiger partial charge in [-0.25, -0.2) is 4.79 Å². The van der Waals surface area contributed by atoms with Crippen LogP contribution in [-0.2, 0) is 9.15 Å². The number of amidine groups is 1. The van der Waals surface area contributed by atoms with Crippen LogP contribution in [0.1, 0.15) is 0 Å². The Labute approximate surface area is 103 Å². The van der Waals surface area contributed by atoms with E-state index in [1.54, 1.807) is 4.90 Å². The van der Waals surface area contributed by atoms with Gasteiger partial charge in [0.25, 0.3) is 0 Å². The second-order valence-electron chi connectivity index (χ2n) is 3.28. The third-order valence-electron chi connectivity index (χ3n) is 1.99. The molecule has 0 saturated carbocycles. The monoisotopic (exact) mass is 282 g/mol. The Morgan fingerprint density at radius 1 is 1.65 bits per heavy atom. The SMILES string of the molecule is NC(CSS(=O)(=O)O)=NCCN1CCNC1=O. The van der Waals surface area contributed by atoms with E-state index in [-0.39, 0.29) is 17.6 Å². The number of hydrogen-bond donors (Lipinski definition) is 3. The minimum atomic E-state index is -4.09. The first kappa shape index (κ1) is 14.1. The molecule has 2 amide bonds. The molecule has 1 heterocycles. The minimum absolute atomic E-state index is 0.0922. The molecule has 1 aliphatic rings. The van der Waals surface area contributed by atoms with Crippen molar-refractivity contribution in [3.63, 3.8) is 0 Å². The molecule has 10 heteroatoms. The van der Waals surface area contributed by atoms with E-state index in [0.717, 1.165) is 0 Å². The smallest absolute Gasteiger partial charge is 0.320 e. The van der Waals surface area contributed by atoms with Gasteiger partial charge in [-0.1, -0.05) is 0 Å². The number of nitrogens with zero attached hydrogens (tertiary/aromatic N) is 2. The highest BCUT2D eigenvalue weighted by Gasteiger charge is 2.18. The summed E-state index contributed by atoms with van der Waals surface area (Å²) in [5, 5.41) is 2.64. The highest BCUT2D eigenvalue weighted by molar-refractivity contribution is 8.70. The zero-order chi connectivity index (χ0) is 12.9. The van der Waals surface area contributed by atoms with Gasteiger partial charge in [-0.2, -0.15) is 8.42 Å². The second kappa shape index (κ2) is 6.07. The lowest BCUT2D eigenvalue weighted by molar-refractivity contribution is 0.218. The molecule has 1 fully saturated rings. The predicted molar refractivity (Wildman–Crippen MR) is 65.5 cm³/mol. The van der Waals surface area contributed by atoms with E-state index in [2.05, 4.69) is 10.3 Å². The summed E-state index contributed by atoms with van der Waals surface area (Å²) >= 11 is 0. The van der Waals surface area contributed by atoms with Crippen molar-refractivity contribution >= 4 is 31.8 Å². The first-order chi connectivity index (χ1) is 7.88. The average molecular weight is 282 g/mol. The molecule has 1 saturated heterocycles. The summed E-state index contributed by atoms with van der Waals surface area (Å²) in [6.45, 7) is 2.00. The van der Waals surface area contributed by atoms with Crippen LogP contribution in [0.25, 0.3) is 0 Å². The van der Waals surface area contributed by atoms with Crippen molar-refractivity contribution in [3.05, 3.63) is 0 Å². The largest absolute Gasteiger partial charge is 0.387 e. The van der Waals surface area contributed by atoms with Crippen LogP contribution >= 0.6 is 10.8 Å². The lowest BCUT2D eigenvalue weighted by Crippen LogP contribution is -2.31. The molecule has 0 unspecified atom stereocenters. The first-order valence-corrected chi connectivity index (χ1v) is 7.76. The number of carbonyl (C=O) groups is 1. The molecule has 1 aliphatic heterocycles. The molecule has 1 rings (SSSR count). The maximum Gasteiger partial charge on any atom is 0.320 e. The first-order valence-electron chi connectivity index (χ1n) is 4.82. The molecule has 0 atom stereocenters. The molecule has 8 nitrogen and oxygen atoms in total. The minimum Gasteiger partial charge on any atom is -0.387 e. The number of urea groups is 1. The summed E-state index contributed by atoms with van der Waals surface area (Å²) in [7, 11) is -3.78. The van der Waals surface area contributed by atoms with Gasteiger partial charge in [-0.15, -0.1) is 0 Å². The topological polar surface area (TPSA) is 125 Å². The molecule has 98 valence electrons. The molecular weight excluding hydrogens is 268 g/mol. The van der Waals surface area contributed by atoms with Crippen molar-refractivity contribution in [2.75, 3.05) is 31.9 Å². The molecule has 0 radical (unpaired) electrons. The zero-order valence-corrected chi connectivity index (χ0v) is 10.6. The fourth-order valence-corrected chi connectivity index (χ4v) is 2.39. The maximum atomic E-state index is 11.1. The number of rotatable bonds is 6. The second-order valence-corrected chi connectivity index (χ2v) is 6.63. The summed E-state index contributed by atoms with van der Waals surface area (Å²) < 4.78 is 29.3. The number of nitrogens with two attached hydrogens (primary N) is 1. The van der Waals surface area contributed by atoms with Crippen LogP contribution in [0, 0.1) is 0 Å². The van der Waals surface area contributed by atoms with Crippen molar-refractivity contribution in [3.8, 4) is 0 Å². The fraction of sp³-hybridized carbons (Fsp3) is 0.714. The van der Waals surface area contributed by atoms with E-state index in [9.17, 15) is 13.2 Å². The summed E-state index contributed by atoms with van der Waals surface area (Å²) in [5.74, 6) is 0.0256. The predicted octanol–water partition coefficient (Wildman–Crippen LogP) is -1.10. The van der Waals surface area contributed by atoms with Gasteiger partial charge in [-0.3, -0.25) is 9.55 Å². The number of nitrogens with one attached hydrogen (secondary N) is 1. The molecule has 4 N–H and O–H groups in total. The number of carbonyl (C=O) groups excluding carboxylic acids is 1. The Morgan fingerprint density at radius 3 is 2.88 bits per heavy atom. The van der Waals surface area contributed by atoms with Crippen LogP contribution in [-0.4, -0.2) is 61.7 Å². The van der Waals surface area contributed by atoms with Crippen molar-refractivity contribution in [2.24, 2.45) is 10.7 Å². The summed E-state index contributed by atoms with van der Waals surface area (Å²) in [4.78, 5) is 16.6. The lowest BCUT2D eigenvalue weighted by atomic mass is 10.5. The van der Waals surface area contributed by atoms with Crippen LogP contribution < -0.4 is 11.1 Å². The third kappa shape index (κ3) is 5.75. The van der Waals surface area contributed by atoms with E-state index in [1.165, 1.54) is 0 Å². The summed E-state index contributed by atoms with van der Waals surface area (Å²) in [5.41, 5.74) is 5.43. The van der Waals surface area contributed by atoms with E-state index >= 15 is 0 Å². The standard InChI is InChI=1S/C7H14N4O4S2/c8-6(5-16-17(13,14)15)9-1-3-11-4-2-10-7(11)12/h1-5H2,(H2,8,9)(H,10,12)(H,13,14,15). The molecule has 0 aliphatic carbocycles. The molecule has 0 bridgehead atoms. The number of aliphatic imine (C=N–C) groups is 1. The van der Waals surface area contributed by atoms with E-state index in [1.807, 2.05) is 0 Å². The molecule has 17 heavy (non-hydrogen) atoms. The highest BCUT2D eigenvalue weighted by Crippen LogP contribution is 2.07. The summed E-state index contributed by atoms with van der Waals surface area (Å²) in [6.07, 6.45) is 0. The Kier molecular flexibility index (Phi) is 5.02. The van der Waals surface area contributed by atoms with E-state index < -0.39 is 9.15 Å². The van der Waals surface area contributed by atoms with Crippen LogP contribution in [0.2, 0.25) is 0 Å². The lowest BCUT2D eigenvalue weighted by Gasteiger charge is -2.11. The molecular formula is C7H14N4O4S2. The van der Waals surface area contributed by atoms with Gasteiger partial charge in [0.2, 0.25) is 0 Å². The van der Waals surface area contributed by atoms with Gasteiger partial charge in [0.15, 0.2) is 0 Å². The molecule has 0 aromatic rings. The van der Waals surface area contributed by atoms with Crippen LogP contribution in [0.4, 0.5) is 4.79 Å². The Bertz CT molecular complexity index is 408. The Hall–Kier alpha value is -1.00. The Balaban J connectivity index is 2.26. The van der Waals surface area contributed by atoms with Gasteiger partial charge < -0.3 is 16.0 Å².